The summed E-state index contributed by atoms with van der Waals surface area (Å²) >= 11 is 0. The fourth-order valence-corrected chi connectivity index (χ4v) is 3.16. The van der Waals surface area contributed by atoms with Crippen LogP contribution < -0.4 is 15.0 Å². The van der Waals surface area contributed by atoms with Crippen LogP contribution in [0.15, 0.2) is 48.5 Å². The number of carbonyl (C=O) groups is 2. The van der Waals surface area contributed by atoms with Crippen molar-refractivity contribution in [1.29, 1.82) is 0 Å². The highest BCUT2D eigenvalue weighted by atomic mass is 16.5. The summed E-state index contributed by atoms with van der Waals surface area (Å²) in [7, 11) is 1.61. The molecule has 136 valence electrons. The fraction of sp³-hybridized carbons (Fsp3) is 0.333. The van der Waals surface area contributed by atoms with E-state index >= 15 is 0 Å². The zero-order valence-electron chi connectivity index (χ0n) is 15.2. The number of methoxy groups -OCH3 is 1. The Morgan fingerprint density at radius 3 is 2.65 bits per heavy atom. The van der Waals surface area contributed by atoms with Gasteiger partial charge in [-0.3, -0.25) is 9.59 Å². The summed E-state index contributed by atoms with van der Waals surface area (Å²) in [6.07, 6.45) is 1.21. The summed E-state index contributed by atoms with van der Waals surface area (Å²) in [5.74, 6) is 0.345. The van der Waals surface area contributed by atoms with Crippen molar-refractivity contribution >= 4 is 17.5 Å². The van der Waals surface area contributed by atoms with Crippen LogP contribution in [-0.2, 0) is 22.6 Å². The molecule has 1 fully saturated rings. The van der Waals surface area contributed by atoms with Gasteiger partial charge in [0.05, 0.1) is 13.0 Å². The van der Waals surface area contributed by atoms with Gasteiger partial charge in [-0.05, 0) is 41.8 Å². The van der Waals surface area contributed by atoms with Crippen LogP contribution in [0.1, 0.15) is 24.5 Å². The Morgan fingerprint density at radius 2 is 1.96 bits per heavy atom. The van der Waals surface area contributed by atoms with Crippen molar-refractivity contribution in [2.45, 2.75) is 26.3 Å². The molecule has 1 N–H and O–H groups in total. The van der Waals surface area contributed by atoms with Crippen LogP contribution in [0.25, 0.3) is 0 Å². The van der Waals surface area contributed by atoms with Gasteiger partial charge in [0.2, 0.25) is 11.8 Å². The summed E-state index contributed by atoms with van der Waals surface area (Å²) in [6, 6.07) is 15.5. The maximum absolute atomic E-state index is 12.5. The molecule has 0 aromatic heterocycles. The predicted octanol–water partition coefficient (Wildman–Crippen LogP) is 2.93. The first kappa shape index (κ1) is 18.0. The van der Waals surface area contributed by atoms with E-state index in [1.54, 1.807) is 12.0 Å². The van der Waals surface area contributed by atoms with Crippen molar-refractivity contribution < 1.29 is 14.3 Å². The van der Waals surface area contributed by atoms with E-state index in [9.17, 15) is 9.59 Å². The molecule has 1 aliphatic rings. The molecule has 2 aromatic rings. The van der Waals surface area contributed by atoms with Gasteiger partial charge in [0, 0.05) is 25.2 Å². The fourth-order valence-electron chi connectivity index (χ4n) is 3.16. The van der Waals surface area contributed by atoms with E-state index in [1.807, 2.05) is 48.5 Å². The molecule has 0 spiro atoms. The molecule has 3 rings (SSSR count). The molecule has 1 heterocycles. The third-order valence-corrected chi connectivity index (χ3v) is 4.75. The predicted molar refractivity (Wildman–Crippen MR) is 101 cm³/mol. The Hall–Kier alpha value is -2.82. The van der Waals surface area contributed by atoms with Crippen LogP contribution in [0, 0.1) is 5.92 Å². The second-order valence-electron chi connectivity index (χ2n) is 6.49. The lowest BCUT2D eigenvalue weighted by Crippen LogP contribution is -2.32. The molecule has 26 heavy (non-hydrogen) atoms. The summed E-state index contributed by atoms with van der Waals surface area (Å²) < 4.78 is 5.19. The first-order valence-corrected chi connectivity index (χ1v) is 8.90. The van der Waals surface area contributed by atoms with Crippen molar-refractivity contribution in [2.75, 3.05) is 18.6 Å². The molecule has 0 aliphatic carbocycles. The number of amides is 2. The maximum atomic E-state index is 12.5. The summed E-state index contributed by atoms with van der Waals surface area (Å²) in [6.45, 7) is 2.94. The number of ether oxygens (including phenoxy) is 1. The molecule has 0 bridgehead atoms. The first-order valence-electron chi connectivity index (χ1n) is 8.90. The molecule has 0 saturated carbocycles. The summed E-state index contributed by atoms with van der Waals surface area (Å²) in [4.78, 5) is 26.5. The molecule has 2 aromatic carbocycles. The average molecular weight is 352 g/mol. The highest BCUT2D eigenvalue weighted by Crippen LogP contribution is 2.25. The van der Waals surface area contributed by atoms with Crippen LogP contribution in [-0.4, -0.2) is 25.5 Å². The zero-order chi connectivity index (χ0) is 18.5. The Kier molecular flexibility index (Phi) is 5.56. The van der Waals surface area contributed by atoms with Gasteiger partial charge < -0.3 is 15.0 Å². The first-order chi connectivity index (χ1) is 12.6. The minimum Gasteiger partial charge on any atom is -0.497 e. The lowest BCUT2D eigenvalue weighted by atomic mass is 10.1. The largest absolute Gasteiger partial charge is 0.497 e. The molecule has 5 nitrogen and oxygen atoms in total. The third kappa shape index (κ3) is 4.04. The van der Waals surface area contributed by atoms with E-state index < -0.39 is 0 Å². The highest BCUT2D eigenvalue weighted by Gasteiger charge is 2.34. The monoisotopic (exact) mass is 352 g/mol. The van der Waals surface area contributed by atoms with Gasteiger partial charge in [-0.25, -0.2) is 0 Å². The van der Waals surface area contributed by atoms with Crippen LogP contribution in [0.4, 0.5) is 5.69 Å². The lowest BCUT2D eigenvalue weighted by Gasteiger charge is -2.17. The van der Waals surface area contributed by atoms with Crippen molar-refractivity contribution in [1.82, 2.24) is 5.32 Å². The van der Waals surface area contributed by atoms with Gasteiger partial charge in [0.15, 0.2) is 0 Å². The smallest absolute Gasteiger partial charge is 0.227 e. The molecule has 0 unspecified atom stereocenters. The molecule has 1 saturated heterocycles. The van der Waals surface area contributed by atoms with Crippen LogP contribution in [0.2, 0.25) is 0 Å². The highest BCUT2D eigenvalue weighted by molar-refractivity contribution is 6.00. The van der Waals surface area contributed by atoms with Crippen molar-refractivity contribution in [3.8, 4) is 5.75 Å². The van der Waals surface area contributed by atoms with Crippen LogP contribution >= 0.6 is 0 Å². The molecular weight excluding hydrogens is 328 g/mol. The van der Waals surface area contributed by atoms with E-state index in [2.05, 4.69) is 12.2 Å². The van der Waals surface area contributed by atoms with Crippen molar-refractivity contribution in [2.24, 2.45) is 5.92 Å². The van der Waals surface area contributed by atoms with E-state index in [-0.39, 0.29) is 24.2 Å². The minimum atomic E-state index is -0.320. The van der Waals surface area contributed by atoms with Gasteiger partial charge in [-0.15, -0.1) is 0 Å². The molecule has 2 amide bonds. The molecule has 0 radical (unpaired) electrons. The third-order valence-electron chi connectivity index (χ3n) is 4.75. The summed E-state index contributed by atoms with van der Waals surface area (Å²) in [5.41, 5.74) is 3.05. The Balaban J connectivity index is 1.59. The number of hydrogen-bond donors (Lipinski definition) is 1. The van der Waals surface area contributed by atoms with E-state index in [0.717, 1.165) is 23.4 Å². The standard InChI is InChI=1S/C21H24N2O3/c1-3-15-7-9-18(10-8-15)23-14-17(12-20(23)24)21(25)22-13-16-5-4-6-19(11-16)26-2/h4-11,17H,3,12-14H2,1-2H3,(H,22,25)/t17-/m0/s1. The number of nitrogens with zero attached hydrogens (tertiary/aromatic N) is 1. The van der Waals surface area contributed by atoms with Crippen molar-refractivity contribution in [3.05, 3.63) is 59.7 Å². The normalized spacial score (nSPS) is 16.6. The maximum Gasteiger partial charge on any atom is 0.227 e. The van der Waals surface area contributed by atoms with Gasteiger partial charge in [-0.2, -0.15) is 0 Å². The average Bonchev–Trinajstić information content (AvgIpc) is 3.08. The van der Waals surface area contributed by atoms with Gasteiger partial charge in [0.25, 0.3) is 0 Å². The number of anilines is 1. The number of nitrogens with one attached hydrogen (secondary N) is 1. The number of rotatable bonds is 6. The second-order valence-corrected chi connectivity index (χ2v) is 6.49. The Morgan fingerprint density at radius 1 is 1.19 bits per heavy atom. The van der Waals surface area contributed by atoms with E-state index in [4.69, 9.17) is 4.74 Å². The second kappa shape index (κ2) is 8.04. The minimum absolute atomic E-state index is 0.00391. The summed E-state index contributed by atoms with van der Waals surface area (Å²) in [5, 5.41) is 2.93. The van der Waals surface area contributed by atoms with Crippen molar-refractivity contribution in [3.63, 3.8) is 0 Å². The number of carbonyl (C=O) groups excluding carboxylic acids is 2. The molecular formula is C21H24N2O3. The molecule has 5 heteroatoms. The topological polar surface area (TPSA) is 58.6 Å². The van der Waals surface area contributed by atoms with Gasteiger partial charge in [0.1, 0.15) is 5.75 Å². The number of aryl methyl sites for hydroxylation is 1. The zero-order valence-corrected chi connectivity index (χ0v) is 15.2. The van der Waals surface area contributed by atoms with E-state index in [1.165, 1.54) is 5.56 Å². The van der Waals surface area contributed by atoms with Gasteiger partial charge in [-0.1, -0.05) is 31.2 Å². The Bertz CT molecular complexity index is 786. The van der Waals surface area contributed by atoms with Crippen LogP contribution in [0.3, 0.4) is 0 Å². The molecule has 1 atom stereocenters. The number of hydrogen-bond acceptors (Lipinski definition) is 3. The molecule has 1 aliphatic heterocycles. The number of benzene rings is 2. The van der Waals surface area contributed by atoms with E-state index in [0.29, 0.717) is 13.1 Å². The van der Waals surface area contributed by atoms with Gasteiger partial charge >= 0.3 is 0 Å². The SMILES string of the molecule is CCc1ccc(N2C[C@@H](C(=O)NCc3cccc(OC)c3)CC2=O)cc1. The quantitative estimate of drug-likeness (QED) is 0.870. The Labute approximate surface area is 154 Å². The lowest BCUT2D eigenvalue weighted by molar-refractivity contribution is -0.126. The van der Waals surface area contributed by atoms with Crippen LogP contribution in [0.5, 0.6) is 5.75 Å².